The van der Waals surface area contributed by atoms with Gasteiger partial charge >= 0.3 is 11.8 Å². The lowest BCUT2D eigenvalue weighted by Gasteiger charge is -2.15. The quantitative estimate of drug-likeness (QED) is 0.299. The Morgan fingerprint density at radius 2 is 1.43 bits per heavy atom. The second kappa shape index (κ2) is 9.76. The topological polar surface area (TPSA) is 92.2 Å². The van der Waals surface area contributed by atoms with Crippen LogP contribution in [0.3, 0.4) is 0 Å². The molecule has 0 aliphatic carbocycles. The van der Waals surface area contributed by atoms with E-state index in [0.717, 1.165) is 32.1 Å². The summed E-state index contributed by atoms with van der Waals surface area (Å²) >= 11 is 3.44. The van der Waals surface area contributed by atoms with Crippen molar-refractivity contribution in [3.63, 3.8) is 0 Å². The van der Waals surface area contributed by atoms with Gasteiger partial charge in [0.15, 0.2) is 0 Å². The number of amides is 3. The third-order valence-electron chi connectivity index (χ3n) is 5.62. The Labute approximate surface area is 211 Å². The molecule has 4 rings (SSSR count). The van der Waals surface area contributed by atoms with E-state index in [-0.39, 0.29) is 5.69 Å². The molecule has 0 aliphatic heterocycles. The maximum atomic E-state index is 13.3. The second-order valence-corrected chi connectivity index (χ2v) is 9.48. The van der Waals surface area contributed by atoms with Crippen LogP contribution in [-0.2, 0) is 9.59 Å². The van der Waals surface area contributed by atoms with E-state index in [2.05, 4.69) is 32.0 Å². The van der Waals surface area contributed by atoms with Gasteiger partial charge in [0.25, 0.3) is 5.91 Å². The van der Waals surface area contributed by atoms with Gasteiger partial charge in [-0.1, -0.05) is 40.2 Å². The zero-order chi connectivity index (χ0) is 25.3. The van der Waals surface area contributed by atoms with Crippen LogP contribution >= 0.6 is 15.9 Å². The first kappa shape index (κ1) is 24.2. The van der Waals surface area contributed by atoms with Crippen LogP contribution in [0.5, 0.6) is 0 Å². The minimum atomic E-state index is -0.897. The third kappa shape index (κ3) is 5.27. The predicted molar refractivity (Wildman–Crippen MR) is 142 cm³/mol. The normalized spacial score (nSPS) is 10.8. The first-order valence-electron chi connectivity index (χ1n) is 11.0. The zero-order valence-electron chi connectivity index (χ0n) is 19.8. The number of nitrogens with zero attached hydrogens (tertiary/aromatic N) is 1. The number of benzene rings is 3. The maximum Gasteiger partial charge on any atom is 0.328 e. The molecule has 8 heteroatoms. The molecular weight excluding hydrogens is 508 g/mol. The summed E-state index contributed by atoms with van der Waals surface area (Å²) < 4.78 is 2.16. The lowest BCUT2D eigenvalue weighted by molar-refractivity contribution is -0.133. The number of carbonyl (C=O) groups is 3. The molecule has 3 amide bonds. The Balaban J connectivity index is 1.65. The van der Waals surface area contributed by atoms with Gasteiger partial charge in [-0.2, -0.15) is 0 Å². The van der Waals surface area contributed by atoms with E-state index >= 15 is 0 Å². The van der Waals surface area contributed by atoms with Crippen molar-refractivity contribution in [3.05, 3.63) is 93.1 Å². The molecule has 0 atom stereocenters. The van der Waals surface area contributed by atoms with Crippen LogP contribution in [0.15, 0.2) is 65.1 Å². The fourth-order valence-corrected chi connectivity index (χ4v) is 4.43. The number of aromatic nitrogens is 1. The number of aryl methyl sites for hydroxylation is 4. The second-order valence-electron chi connectivity index (χ2n) is 8.56. The Bertz CT molecular complexity index is 1450. The monoisotopic (exact) mass is 532 g/mol. The smallest absolute Gasteiger partial charge is 0.320 e. The van der Waals surface area contributed by atoms with Crippen LogP contribution in [0.2, 0.25) is 0 Å². The average Bonchev–Trinajstić information content (AvgIpc) is 3.12. The molecule has 1 aromatic heterocycles. The van der Waals surface area contributed by atoms with E-state index in [9.17, 15) is 14.4 Å². The largest absolute Gasteiger partial charge is 0.328 e. The molecule has 7 nitrogen and oxygen atoms in total. The number of halogens is 1. The lowest BCUT2D eigenvalue weighted by atomic mass is 10.1. The van der Waals surface area contributed by atoms with Crippen molar-refractivity contribution >= 4 is 55.9 Å². The molecule has 0 spiro atoms. The van der Waals surface area contributed by atoms with Crippen LogP contribution in [0.25, 0.3) is 10.9 Å². The molecule has 0 fully saturated rings. The van der Waals surface area contributed by atoms with E-state index in [1.54, 1.807) is 30.3 Å². The van der Waals surface area contributed by atoms with Crippen molar-refractivity contribution in [2.75, 3.05) is 16.1 Å². The number of anilines is 2. The molecule has 0 saturated carbocycles. The van der Waals surface area contributed by atoms with Crippen LogP contribution in [0.1, 0.15) is 32.7 Å². The molecule has 0 radical (unpaired) electrons. The highest BCUT2D eigenvalue weighted by Gasteiger charge is 2.22. The molecule has 0 aliphatic rings. The van der Waals surface area contributed by atoms with Crippen molar-refractivity contribution in [3.8, 4) is 0 Å². The fraction of sp³-hybridized carbons (Fsp3) is 0.148. The number of para-hydroxylation sites is 1. The standard InChI is InChI=1S/C27H25BrN4O3/c1-15-10-16(2)12-21(11-15)29-26(34)27(35)31-32-22-9-8-20(28)13-19(22)14-23(32)25(33)30-24-17(3)6-5-7-18(24)4/h5-14H,1-4H3,(H,29,34)(H,30,33)(H,31,35). The average molecular weight is 533 g/mol. The fourth-order valence-electron chi connectivity index (χ4n) is 4.05. The number of rotatable bonds is 4. The van der Waals surface area contributed by atoms with E-state index in [0.29, 0.717) is 16.9 Å². The van der Waals surface area contributed by atoms with Crippen molar-refractivity contribution in [2.45, 2.75) is 27.7 Å². The van der Waals surface area contributed by atoms with Gasteiger partial charge in [0.2, 0.25) is 0 Å². The van der Waals surface area contributed by atoms with Crippen LogP contribution in [0.4, 0.5) is 11.4 Å². The van der Waals surface area contributed by atoms with Gasteiger partial charge in [-0.25, -0.2) is 4.68 Å². The molecule has 35 heavy (non-hydrogen) atoms. The Morgan fingerprint density at radius 1 is 0.771 bits per heavy atom. The minimum absolute atomic E-state index is 0.188. The van der Waals surface area contributed by atoms with Gasteiger partial charge in [0, 0.05) is 21.2 Å². The molecular formula is C27H25BrN4O3. The van der Waals surface area contributed by atoms with Crippen molar-refractivity contribution in [1.82, 2.24) is 4.68 Å². The Hall–Kier alpha value is -3.91. The maximum absolute atomic E-state index is 13.3. The highest BCUT2D eigenvalue weighted by Crippen LogP contribution is 2.25. The number of nitrogens with one attached hydrogen (secondary N) is 3. The molecule has 178 valence electrons. The minimum Gasteiger partial charge on any atom is -0.320 e. The number of fused-ring (bicyclic) bond motifs is 1. The molecule has 3 aromatic carbocycles. The summed E-state index contributed by atoms with van der Waals surface area (Å²) in [5.41, 5.74) is 8.35. The highest BCUT2D eigenvalue weighted by atomic mass is 79.9. The molecule has 1 heterocycles. The summed E-state index contributed by atoms with van der Waals surface area (Å²) in [7, 11) is 0. The van der Waals surface area contributed by atoms with Gasteiger partial charge in [0.05, 0.1) is 5.52 Å². The summed E-state index contributed by atoms with van der Waals surface area (Å²) in [6, 6.07) is 18.3. The van der Waals surface area contributed by atoms with E-state index in [1.165, 1.54) is 4.68 Å². The van der Waals surface area contributed by atoms with Crippen molar-refractivity contribution in [2.24, 2.45) is 0 Å². The number of hydrogen-bond acceptors (Lipinski definition) is 3. The first-order chi connectivity index (χ1) is 16.6. The van der Waals surface area contributed by atoms with Crippen LogP contribution in [-0.4, -0.2) is 22.4 Å². The molecule has 4 aromatic rings. The summed E-state index contributed by atoms with van der Waals surface area (Å²) in [5.74, 6) is -2.15. The predicted octanol–water partition coefficient (Wildman–Crippen LogP) is 5.60. The van der Waals surface area contributed by atoms with E-state index in [1.807, 2.05) is 58.0 Å². The van der Waals surface area contributed by atoms with Gasteiger partial charge in [-0.15, -0.1) is 0 Å². The van der Waals surface area contributed by atoms with Crippen LogP contribution < -0.4 is 16.1 Å². The Kier molecular flexibility index (Phi) is 6.75. The van der Waals surface area contributed by atoms with E-state index in [4.69, 9.17) is 0 Å². The van der Waals surface area contributed by atoms with Gasteiger partial charge in [-0.3, -0.25) is 19.8 Å². The van der Waals surface area contributed by atoms with Crippen LogP contribution in [0, 0.1) is 27.7 Å². The molecule has 0 unspecified atom stereocenters. The van der Waals surface area contributed by atoms with Crippen molar-refractivity contribution < 1.29 is 14.4 Å². The number of carbonyl (C=O) groups excluding carboxylic acids is 3. The van der Waals surface area contributed by atoms with Gasteiger partial charge in [-0.05, 0) is 86.3 Å². The zero-order valence-corrected chi connectivity index (χ0v) is 21.4. The summed E-state index contributed by atoms with van der Waals surface area (Å²) in [4.78, 5) is 38.8. The highest BCUT2D eigenvalue weighted by molar-refractivity contribution is 9.10. The summed E-state index contributed by atoms with van der Waals surface area (Å²) in [6.07, 6.45) is 0. The Morgan fingerprint density at radius 3 is 2.09 bits per heavy atom. The first-order valence-corrected chi connectivity index (χ1v) is 11.8. The lowest BCUT2D eigenvalue weighted by Crippen LogP contribution is -2.36. The van der Waals surface area contributed by atoms with E-state index < -0.39 is 17.7 Å². The SMILES string of the molecule is Cc1cc(C)cc(NC(=O)C(=O)Nn2c(C(=O)Nc3c(C)cccc3C)cc3cc(Br)ccc32)c1. The molecule has 3 N–H and O–H groups in total. The summed E-state index contributed by atoms with van der Waals surface area (Å²) in [5, 5.41) is 6.29. The number of hydrogen-bond donors (Lipinski definition) is 3. The molecule has 0 saturated heterocycles. The van der Waals surface area contributed by atoms with Gasteiger partial charge in [0.1, 0.15) is 5.69 Å². The third-order valence-corrected chi connectivity index (χ3v) is 6.11. The van der Waals surface area contributed by atoms with Gasteiger partial charge < -0.3 is 10.6 Å². The van der Waals surface area contributed by atoms with Crippen molar-refractivity contribution in [1.29, 1.82) is 0 Å². The summed E-state index contributed by atoms with van der Waals surface area (Å²) in [6.45, 7) is 7.64. The molecule has 0 bridgehead atoms.